The molecule has 39 heavy (non-hydrogen) atoms. The van der Waals surface area contributed by atoms with Gasteiger partial charge < -0.3 is 29.3 Å². The summed E-state index contributed by atoms with van der Waals surface area (Å²) in [6.45, 7) is 4.00. The third-order valence-corrected chi connectivity index (χ3v) is 7.62. The Morgan fingerprint density at radius 2 is 1.85 bits per heavy atom. The Kier molecular flexibility index (Phi) is 10.2. The van der Waals surface area contributed by atoms with Crippen molar-refractivity contribution in [2.24, 2.45) is 0 Å². The van der Waals surface area contributed by atoms with Crippen LogP contribution in [0.25, 0.3) is 0 Å². The number of aryl methyl sites for hydroxylation is 1. The first-order chi connectivity index (χ1) is 18.9. The predicted molar refractivity (Wildman–Crippen MR) is 154 cm³/mol. The van der Waals surface area contributed by atoms with E-state index in [1.54, 1.807) is 30.5 Å². The number of urea groups is 1. The highest BCUT2D eigenvalue weighted by molar-refractivity contribution is 7.09. The van der Waals surface area contributed by atoms with Gasteiger partial charge in [0.25, 0.3) is 0 Å². The van der Waals surface area contributed by atoms with Gasteiger partial charge in [-0.1, -0.05) is 29.8 Å². The number of benzene rings is 2. The van der Waals surface area contributed by atoms with Gasteiger partial charge in [-0.15, -0.1) is 11.3 Å². The van der Waals surface area contributed by atoms with Crippen LogP contribution < -0.4 is 14.8 Å². The van der Waals surface area contributed by atoms with Crippen molar-refractivity contribution in [1.82, 2.24) is 9.80 Å². The number of methoxy groups -OCH3 is 2. The van der Waals surface area contributed by atoms with Crippen molar-refractivity contribution < 1.29 is 23.8 Å². The molecular formula is C30H37N3O5S. The van der Waals surface area contributed by atoms with Crippen molar-refractivity contribution in [3.05, 3.63) is 76.0 Å². The summed E-state index contributed by atoms with van der Waals surface area (Å²) in [4.78, 5) is 31.6. The number of rotatable bonds is 12. The van der Waals surface area contributed by atoms with Crippen LogP contribution in [0.15, 0.2) is 60.0 Å². The van der Waals surface area contributed by atoms with E-state index in [1.807, 2.05) is 71.8 Å². The molecule has 1 aromatic heterocycles. The summed E-state index contributed by atoms with van der Waals surface area (Å²) in [7, 11) is 3.22. The second-order valence-electron chi connectivity index (χ2n) is 9.65. The molecule has 208 valence electrons. The zero-order valence-electron chi connectivity index (χ0n) is 22.9. The molecule has 1 fully saturated rings. The molecule has 8 nitrogen and oxygen atoms in total. The fourth-order valence-electron chi connectivity index (χ4n) is 4.54. The highest BCUT2D eigenvalue weighted by Crippen LogP contribution is 2.28. The number of carbonyl (C=O) groups excluding carboxylic acids is 2. The normalized spacial score (nSPS) is 14.6. The van der Waals surface area contributed by atoms with Crippen LogP contribution in [0.1, 0.15) is 28.8 Å². The zero-order chi connectivity index (χ0) is 27.6. The Morgan fingerprint density at radius 3 is 2.51 bits per heavy atom. The number of hydrogen-bond donors (Lipinski definition) is 1. The van der Waals surface area contributed by atoms with Crippen LogP contribution in [-0.2, 0) is 22.5 Å². The molecule has 0 bridgehead atoms. The maximum absolute atomic E-state index is 13.7. The molecular weight excluding hydrogens is 514 g/mol. The van der Waals surface area contributed by atoms with Crippen molar-refractivity contribution in [2.45, 2.75) is 38.8 Å². The van der Waals surface area contributed by atoms with Crippen molar-refractivity contribution in [3.8, 4) is 11.5 Å². The van der Waals surface area contributed by atoms with E-state index in [1.165, 1.54) is 0 Å². The van der Waals surface area contributed by atoms with E-state index in [0.717, 1.165) is 28.8 Å². The predicted octanol–water partition coefficient (Wildman–Crippen LogP) is 5.36. The first kappa shape index (κ1) is 28.4. The molecule has 1 aliphatic heterocycles. The number of ether oxygens (including phenoxy) is 3. The second-order valence-corrected chi connectivity index (χ2v) is 10.7. The molecule has 2 heterocycles. The van der Waals surface area contributed by atoms with Gasteiger partial charge >= 0.3 is 6.03 Å². The first-order valence-corrected chi connectivity index (χ1v) is 14.1. The third kappa shape index (κ3) is 8.21. The molecule has 1 aliphatic rings. The number of hydrogen-bond acceptors (Lipinski definition) is 6. The van der Waals surface area contributed by atoms with Crippen molar-refractivity contribution in [3.63, 3.8) is 0 Å². The first-order valence-electron chi connectivity index (χ1n) is 13.2. The number of amides is 3. The van der Waals surface area contributed by atoms with Crippen LogP contribution in [-0.4, -0.2) is 68.3 Å². The van der Waals surface area contributed by atoms with Gasteiger partial charge in [-0.25, -0.2) is 4.79 Å². The monoisotopic (exact) mass is 551 g/mol. The Labute approximate surface area is 234 Å². The Morgan fingerprint density at radius 1 is 1.05 bits per heavy atom. The quantitative estimate of drug-likeness (QED) is 0.328. The maximum atomic E-state index is 13.7. The van der Waals surface area contributed by atoms with Crippen LogP contribution in [0.4, 0.5) is 10.5 Å². The van der Waals surface area contributed by atoms with Crippen molar-refractivity contribution in [2.75, 3.05) is 45.8 Å². The summed E-state index contributed by atoms with van der Waals surface area (Å²) in [6.07, 6.45) is 2.40. The third-order valence-electron chi connectivity index (χ3n) is 6.76. The molecule has 1 N–H and O–H groups in total. The molecule has 1 unspecified atom stereocenters. The van der Waals surface area contributed by atoms with Gasteiger partial charge in [-0.2, -0.15) is 0 Å². The minimum Gasteiger partial charge on any atom is -0.493 e. The lowest BCUT2D eigenvalue weighted by Gasteiger charge is -2.29. The fourth-order valence-corrected chi connectivity index (χ4v) is 5.26. The smallest absolute Gasteiger partial charge is 0.322 e. The maximum Gasteiger partial charge on any atom is 0.322 e. The van der Waals surface area contributed by atoms with E-state index >= 15 is 0 Å². The number of carbonyl (C=O) groups is 2. The molecule has 0 spiro atoms. The van der Waals surface area contributed by atoms with E-state index in [4.69, 9.17) is 14.2 Å². The summed E-state index contributed by atoms with van der Waals surface area (Å²) in [6, 6.07) is 17.1. The van der Waals surface area contributed by atoms with Crippen LogP contribution in [0.2, 0.25) is 0 Å². The van der Waals surface area contributed by atoms with E-state index < -0.39 is 0 Å². The lowest BCUT2D eigenvalue weighted by molar-refractivity contribution is -0.132. The topological polar surface area (TPSA) is 80.3 Å². The van der Waals surface area contributed by atoms with Gasteiger partial charge in [-0.05, 0) is 67.5 Å². The molecule has 9 heteroatoms. The molecule has 3 amide bonds. The summed E-state index contributed by atoms with van der Waals surface area (Å²) in [5.74, 6) is 1.21. The molecule has 0 aliphatic carbocycles. The summed E-state index contributed by atoms with van der Waals surface area (Å²) < 4.78 is 16.6. The van der Waals surface area contributed by atoms with E-state index in [2.05, 4.69) is 5.32 Å². The highest BCUT2D eigenvalue weighted by Gasteiger charge is 2.27. The van der Waals surface area contributed by atoms with E-state index in [9.17, 15) is 9.59 Å². The molecule has 0 radical (unpaired) electrons. The largest absolute Gasteiger partial charge is 0.493 e. The van der Waals surface area contributed by atoms with Crippen LogP contribution in [0.5, 0.6) is 11.5 Å². The zero-order valence-corrected chi connectivity index (χ0v) is 23.7. The molecule has 2 aromatic carbocycles. The van der Waals surface area contributed by atoms with Gasteiger partial charge in [-0.3, -0.25) is 4.79 Å². The molecule has 1 saturated heterocycles. The number of nitrogens with one attached hydrogen (secondary N) is 1. The van der Waals surface area contributed by atoms with Gasteiger partial charge in [0.15, 0.2) is 11.5 Å². The average Bonchev–Trinajstić information content (AvgIpc) is 3.66. The summed E-state index contributed by atoms with van der Waals surface area (Å²) in [5, 5.41) is 4.96. The summed E-state index contributed by atoms with van der Waals surface area (Å²) >= 11 is 1.61. The number of anilines is 1. The van der Waals surface area contributed by atoms with Crippen LogP contribution >= 0.6 is 11.3 Å². The van der Waals surface area contributed by atoms with E-state index in [-0.39, 0.29) is 24.6 Å². The van der Waals surface area contributed by atoms with Gasteiger partial charge in [0.2, 0.25) is 5.91 Å². The highest BCUT2D eigenvalue weighted by atomic mass is 32.1. The van der Waals surface area contributed by atoms with E-state index in [0.29, 0.717) is 49.8 Å². The second kappa shape index (κ2) is 14.0. The van der Waals surface area contributed by atoms with Gasteiger partial charge in [0.1, 0.15) is 6.54 Å². The van der Waals surface area contributed by atoms with Crippen LogP contribution in [0.3, 0.4) is 0 Å². The van der Waals surface area contributed by atoms with Crippen molar-refractivity contribution in [1.29, 1.82) is 0 Å². The molecule has 0 saturated carbocycles. The standard InChI is InChI=1S/C30H37N3O5S/c1-22-8-11-24(12-9-22)31-30(35)33(19-25-6-4-16-38-25)21-29(34)32(20-26-7-5-17-39-26)15-14-23-10-13-27(36-2)28(18-23)37-3/h5,7-13,17-18,25H,4,6,14-16,19-21H2,1-3H3,(H,31,35). The van der Waals surface area contributed by atoms with Gasteiger partial charge in [0.05, 0.1) is 26.9 Å². The summed E-state index contributed by atoms with van der Waals surface area (Å²) in [5.41, 5.74) is 2.84. The minimum atomic E-state index is -0.307. The number of thiophene rings is 1. The average molecular weight is 552 g/mol. The fraction of sp³-hybridized carbons (Fsp3) is 0.400. The van der Waals surface area contributed by atoms with Crippen molar-refractivity contribution >= 4 is 29.0 Å². The Hall–Kier alpha value is -3.56. The minimum absolute atomic E-state index is 0.0329. The molecule has 4 rings (SSSR count). The number of nitrogens with zero attached hydrogens (tertiary/aromatic N) is 2. The lowest BCUT2D eigenvalue weighted by Crippen LogP contribution is -2.47. The Balaban J connectivity index is 1.48. The van der Waals surface area contributed by atoms with Crippen LogP contribution in [0, 0.1) is 6.92 Å². The molecule has 3 aromatic rings. The SMILES string of the molecule is COc1ccc(CCN(Cc2cccs2)C(=O)CN(CC2CCCO2)C(=O)Nc2ccc(C)cc2)cc1OC. The van der Waals surface area contributed by atoms with Gasteiger partial charge in [0, 0.05) is 30.3 Å². The molecule has 1 atom stereocenters. The lowest BCUT2D eigenvalue weighted by atomic mass is 10.1. The Bertz CT molecular complexity index is 1210.